The molecule has 116 valence electrons. The molecule has 6 heteroatoms. The monoisotopic (exact) mass is 299 g/mol. The van der Waals surface area contributed by atoms with E-state index in [4.69, 9.17) is 4.52 Å². The minimum absolute atomic E-state index is 0.587. The van der Waals surface area contributed by atoms with Gasteiger partial charge in [0.05, 0.1) is 6.54 Å². The van der Waals surface area contributed by atoms with E-state index in [1.807, 2.05) is 37.4 Å². The molecule has 1 fully saturated rings. The first kappa shape index (κ1) is 14.7. The van der Waals surface area contributed by atoms with Gasteiger partial charge in [0.1, 0.15) is 0 Å². The van der Waals surface area contributed by atoms with Gasteiger partial charge in [-0.15, -0.1) is 0 Å². The molecule has 0 amide bonds. The van der Waals surface area contributed by atoms with Gasteiger partial charge in [-0.25, -0.2) is 0 Å². The van der Waals surface area contributed by atoms with E-state index in [0.29, 0.717) is 5.89 Å². The Morgan fingerprint density at radius 2 is 1.91 bits per heavy atom. The average molecular weight is 299 g/mol. The molecule has 0 bridgehead atoms. The zero-order valence-corrected chi connectivity index (χ0v) is 13.1. The molecule has 1 aliphatic heterocycles. The van der Waals surface area contributed by atoms with Crippen LogP contribution in [0.3, 0.4) is 0 Å². The summed E-state index contributed by atoms with van der Waals surface area (Å²) in [4.78, 5) is 6.82. The van der Waals surface area contributed by atoms with Crippen molar-refractivity contribution < 1.29 is 4.52 Å². The van der Waals surface area contributed by atoms with Crippen molar-refractivity contribution >= 4 is 6.21 Å². The van der Waals surface area contributed by atoms with Gasteiger partial charge < -0.3 is 4.52 Å². The van der Waals surface area contributed by atoms with Crippen LogP contribution in [-0.4, -0.2) is 52.4 Å². The maximum Gasteiger partial charge on any atom is 0.257 e. The first-order valence-electron chi connectivity index (χ1n) is 7.60. The van der Waals surface area contributed by atoms with Crippen molar-refractivity contribution in [2.45, 2.75) is 20.4 Å². The van der Waals surface area contributed by atoms with Gasteiger partial charge in [0.2, 0.25) is 0 Å². The second-order valence-corrected chi connectivity index (χ2v) is 5.49. The fraction of sp³-hybridized carbons (Fsp3) is 0.438. The number of benzene rings is 1. The summed E-state index contributed by atoms with van der Waals surface area (Å²) in [5, 5.41) is 10.5. The van der Waals surface area contributed by atoms with Crippen molar-refractivity contribution in [3.8, 4) is 11.5 Å². The number of piperazine rings is 1. The van der Waals surface area contributed by atoms with E-state index in [0.717, 1.165) is 44.1 Å². The van der Waals surface area contributed by atoms with Gasteiger partial charge in [-0.1, -0.05) is 22.9 Å². The predicted octanol–water partition coefficient (Wildman–Crippen LogP) is 2.17. The van der Waals surface area contributed by atoms with Crippen LogP contribution in [0.4, 0.5) is 0 Å². The Hall–Kier alpha value is -2.21. The largest absolute Gasteiger partial charge is 0.334 e. The molecule has 0 unspecified atom stereocenters. The van der Waals surface area contributed by atoms with Crippen molar-refractivity contribution in [3.63, 3.8) is 0 Å². The maximum atomic E-state index is 5.37. The van der Waals surface area contributed by atoms with Gasteiger partial charge in [0.25, 0.3) is 5.89 Å². The molecule has 0 aliphatic carbocycles. The van der Waals surface area contributed by atoms with Crippen LogP contribution >= 0.6 is 0 Å². The Balaban J connectivity index is 1.59. The van der Waals surface area contributed by atoms with Crippen molar-refractivity contribution in [2.75, 3.05) is 26.2 Å². The summed E-state index contributed by atoms with van der Waals surface area (Å²) in [6.07, 6.45) is 1.84. The van der Waals surface area contributed by atoms with E-state index in [2.05, 4.69) is 32.1 Å². The van der Waals surface area contributed by atoms with Crippen LogP contribution < -0.4 is 0 Å². The number of aromatic nitrogens is 2. The van der Waals surface area contributed by atoms with Crippen LogP contribution in [0.2, 0.25) is 0 Å². The third kappa shape index (κ3) is 3.51. The van der Waals surface area contributed by atoms with Gasteiger partial charge >= 0.3 is 0 Å². The molecule has 3 rings (SSSR count). The van der Waals surface area contributed by atoms with Crippen LogP contribution in [0.1, 0.15) is 18.3 Å². The highest BCUT2D eigenvalue weighted by Crippen LogP contribution is 2.18. The maximum absolute atomic E-state index is 5.37. The third-order valence-electron chi connectivity index (χ3n) is 3.76. The Kier molecular flexibility index (Phi) is 4.48. The molecule has 0 radical (unpaired) electrons. The molecular weight excluding hydrogens is 278 g/mol. The van der Waals surface area contributed by atoms with Gasteiger partial charge in [0.15, 0.2) is 5.82 Å². The van der Waals surface area contributed by atoms with Gasteiger partial charge in [0, 0.05) is 38.0 Å². The Bertz CT molecular complexity index is 626. The number of hydrazone groups is 1. The lowest BCUT2D eigenvalue weighted by Crippen LogP contribution is -2.43. The highest BCUT2D eigenvalue weighted by Gasteiger charge is 2.18. The van der Waals surface area contributed by atoms with Gasteiger partial charge in [-0.2, -0.15) is 10.1 Å². The molecule has 2 heterocycles. The molecule has 1 aromatic carbocycles. The smallest absolute Gasteiger partial charge is 0.257 e. The Morgan fingerprint density at radius 1 is 1.18 bits per heavy atom. The second kappa shape index (κ2) is 6.70. The number of hydrogen-bond donors (Lipinski definition) is 0. The van der Waals surface area contributed by atoms with Crippen LogP contribution in [-0.2, 0) is 6.54 Å². The zero-order chi connectivity index (χ0) is 15.4. The van der Waals surface area contributed by atoms with Crippen LogP contribution in [0.5, 0.6) is 0 Å². The van der Waals surface area contributed by atoms with E-state index in [-0.39, 0.29) is 0 Å². The molecule has 2 aromatic rings. The molecule has 22 heavy (non-hydrogen) atoms. The van der Waals surface area contributed by atoms with Crippen molar-refractivity contribution in [1.29, 1.82) is 0 Å². The normalized spacial score (nSPS) is 16.5. The molecular formula is C16H21N5O. The lowest BCUT2D eigenvalue weighted by atomic mass is 10.1. The summed E-state index contributed by atoms with van der Waals surface area (Å²) in [5.74, 6) is 1.33. The van der Waals surface area contributed by atoms with E-state index >= 15 is 0 Å². The van der Waals surface area contributed by atoms with E-state index < -0.39 is 0 Å². The third-order valence-corrected chi connectivity index (χ3v) is 3.76. The van der Waals surface area contributed by atoms with E-state index in [9.17, 15) is 0 Å². The fourth-order valence-corrected chi connectivity index (χ4v) is 2.51. The lowest BCUT2D eigenvalue weighted by Gasteiger charge is -2.32. The standard InChI is InChI=1S/C16H21N5O/c1-3-17-21-10-8-20(9-11-21)12-15-18-16(22-19-15)14-6-4-13(2)5-7-14/h3-7H,8-12H2,1-2H3/b17-3-. The molecule has 1 aromatic heterocycles. The fourth-order valence-electron chi connectivity index (χ4n) is 2.51. The zero-order valence-electron chi connectivity index (χ0n) is 13.1. The van der Waals surface area contributed by atoms with E-state index in [1.54, 1.807) is 0 Å². The molecule has 1 saturated heterocycles. The highest BCUT2D eigenvalue weighted by atomic mass is 16.5. The number of hydrogen-bond acceptors (Lipinski definition) is 6. The van der Waals surface area contributed by atoms with E-state index in [1.165, 1.54) is 5.56 Å². The van der Waals surface area contributed by atoms with Crippen LogP contribution in [0.25, 0.3) is 11.5 Å². The van der Waals surface area contributed by atoms with Crippen LogP contribution in [0, 0.1) is 6.92 Å². The molecule has 1 aliphatic rings. The predicted molar refractivity (Wildman–Crippen MR) is 85.5 cm³/mol. The SMILES string of the molecule is C/C=N\N1CCN(Cc2noc(-c3ccc(C)cc3)n2)CC1. The second-order valence-electron chi connectivity index (χ2n) is 5.49. The summed E-state index contributed by atoms with van der Waals surface area (Å²) in [7, 11) is 0. The average Bonchev–Trinajstić information content (AvgIpc) is 2.99. The summed E-state index contributed by atoms with van der Waals surface area (Å²) in [5.41, 5.74) is 2.18. The first-order valence-corrected chi connectivity index (χ1v) is 7.60. The molecule has 0 spiro atoms. The van der Waals surface area contributed by atoms with Gasteiger partial charge in [-0.05, 0) is 26.0 Å². The Labute approximate surface area is 130 Å². The number of aryl methyl sites for hydroxylation is 1. The summed E-state index contributed by atoms with van der Waals surface area (Å²) >= 11 is 0. The number of rotatable bonds is 4. The lowest BCUT2D eigenvalue weighted by molar-refractivity contribution is 0.128. The molecule has 0 N–H and O–H groups in total. The van der Waals surface area contributed by atoms with Crippen LogP contribution in [0.15, 0.2) is 33.9 Å². The first-order chi connectivity index (χ1) is 10.7. The Morgan fingerprint density at radius 3 is 2.59 bits per heavy atom. The van der Waals surface area contributed by atoms with Crippen molar-refractivity contribution in [2.24, 2.45) is 5.10 Å². The highest BCUT2D eigenvalue weighted by molar-refractivity contribution is 5.53. The number of nitrogens with zero attached hydrogens (tertiary/aromatic N) is 5. The van der Waals surface area contributed by atoms with Crippen molar-refractivity contribution in [3.05, 3.63) is 35.7 Å². The molecule has 6 nitrogen and oxygen atoms in total. The quantitative estimate of drug-likeness (QED) is 0.810. The minimum Gasteiger partial charge on any atom is -0.334 e. The van der Waals surface area contributed by atoms with Gasteiger partial charge in [-0.3, -0.25) is 9.91 Å². The molecule has 0 saturated carbocycles. The molecule has 0 atom stereocenters. The van der Waals surface area contributed by atoms with Crippen molar-refractivity contribution in [1.82, 2.24) is 20.0 Å². The summed E-state index contributed by atoms with van der Waals surface area (Å²) in [6, 6.07) is 8.11. The summed E-state index contributed by atoms with van der Waals surface area (Å²) < 4.78 is 5.37. The minimum atomic E-state index is 0.587. The topological polar surface area (TPSA) is 57.8 Å². The summed E-state index contributed by atoms with van der Waals surface area (Å²) in [6.45, 7) is 8.53.